The van der Waals surface area contributed by atoms with Crippen LogP contribution in [-0.2, 0) is 9.53 Å². The van der Waals surface area contributed by atoms with Crippen LogP contribution in [0, 0.1) is 5.92 Å². The maximum Gasteiger partial charge on any atom is 0.333 e. The van der Waals surface area contributed by atoms with Gasteiger partial charge in [0.05, 0.1) is 6.04 Å². The Balaban J connectivity index is 1.92. The Morgan fingerprint density at radius 1 is 1.19 bits per heavy atom. The van der Waals surface area contributed by atoms with Crippen molar-refractivity contribution in [1.29, 1.82) is 0 Å². The molecule has 2 aliphatic rings. The Kier molecular flexibility index (Phi) is 3.28. The van der Waals surface area contributed by atoms with Crippen LogP contribution in [0.2, 0.25) is 0 Å². The van der Waals surface area contributed by atoms with Crippen molar-refractivity contribution in [2.75, 3.05) is 13.2 Å². The van der Waals surface area contributed by atoms with E-state index in [4.69, 9.17) is 10.5 Å². The van der Waals surface area contributed by atoms with Gasteiger partial charge >= 0.3 is 6.03 Å². The van der Waals surface area contributed by atoms with E-state index in [0.717, 1.165) is 12.8 Å². The molecule has 6 heteroatoms. The van der Waals surface area contributed by atoms with E-state index in [1.807, 2.05) is 0 Å². The minimum atomic E-state index is -0.596. The topological polar surface area (TPSA) is 84.7 Å². The van der Waals surface area contributed by atoms with E-state index in [2.05, 4.69) is 5.43 Å². The lowest BCUT2D eigenvalue weighted by molar-refractivity contribution is -0.127. The maximum absolute atomic E-state index is 11.6. The third-order valence-corrected chi connectivity index (χ3v) is 2.97. The van der Waals surface area contributed by atoms with Crippen LogP contribution in [0.3, 0.4) is 0 Å². The van der Waals surface area contributed by atoms with E-state index < -0.39 is 6.03 Å². The number of amides is 3. The molecule has 1 aliphatic carbocycles. The van der Waals surface area contributed by atoms with Crippen LogP contribution in [-0.4, -0.2) is 36.2 Å². The summed E-state index contributed by atoms with van der Waals surface area (Å²) in [5.74, 6) is -0.0213. The second kappa shape index (κ2) is 4.69. The first-order valence-electron chi connectivity index (χ1n) is 5.65. The van der Waals surface area contributed by atoms with Crippen LogP contribution < -0.4 is 11.2 Å². The van der Waals surface area contributed by atoms with Gasteiger partial charge in [-0.15, -0.1) is 0 Å². The fraction of sp³-hybridized carbons (Fsp3) is 0.800. The molecule has 0 atom stereocenters. The summed E-state index contributed by atoms with van der Waals surface area (Å²) < 4.78 is 5.20. The molecule has 0 aromatic heterocycles. The highest BCUT2D eigenvalue weighted by Crippen LogP contribution is 2.29. The Labute approximate surface area is 94.1 Å². The number of urea groups is 1. The molecule has 16 heavy (non-hydrogen) atoms. The molecule has 0 unspecified atom stereocenters. The zero-order valence-electron chi connectivity index (χ0n) is 9.15. The number of hydrogen-bond acceptors (Lipinski definition) is 3. The highest BCUT2D eigenvalue weighted by Gasteiger charge is 2.33. The van der Waals surface area contributed by atoms with Crippen LogP contribution in [0.15, 0.2) is 0 Å². The van der Waals surface area contributed by atoms with Crippen LogP contribution >= 0.6 is 0 Å². The second-order valence-corrected chi connectivity index (χ2v) is 4.30. The molecule has 2 fully saturated rings. The third kappa shape index (κ3) is 2.63. The summed E-state index contributed by atoms with van der Waals surface area (Å²) in [5.41, 5.74) is 7.88. The molecule has 6 nitrogen and oxygen atoms in total. The molecule has 0 aromatic rings. The standard InChI is InChI=1S/C10H17N3O3/c11-10(15)13(8-3-5-16-6-4-8)12-9(14)7-1-2-7/h7-8H,1-6H2,(H2,11,15)(H,12,14). The lowest BCUT2D eigenvalue weighted by Crippen LogP contribution is -2.55. The molecule has 90 valence electrons. The van der Waals surface area contributed by atoms with E-state index in [9.17, 15) is 9.59 Å². The zero-order chi connectivity index (χ0) is 11.5. The predicted molar refractivity (Wildman–Crippen MR) is 56.1 cm³/mol. The highest BCUT2D eigenvalue weighted by atomic mass is 16.5. The number of ether oxygens (including phenoxy) is 1. The lowest BCUT2D eigenvalue weighted by atomic mass is 10.1. The molecular weight excluding hydrogens is 210 g/mol. The van der Waals surface area contributed by atoms with Gasteiger partial charge in [0.25, 0.3) is 0 Å². The number of carbonyl (C=O) groups is 2. The molecule has 1 saturated carbocycles. The summed E-state index contributed by atoms with van der Waals surface area (Å²) in [6.45, 7) is 1.21. The van der Waals surface area contributed by atoms with Gasteiger partial charge in [0.1, 0.15) is 0 Å². The number of nitrogens with zero attached hydrogens (tertiary/aromatic N) is 1. The summed E-state index contributed by atoms with van der Waals surface area (Å²) in [7, 11) is 0. The minimum absolute atomic E-state index is 0.0334. The molecule has 1 heterocycles. The second-order valence-electron chi connectivity index (χ2n) is 4.30. The predicted octanol–water partition coefficient (Wildman–Crippen LogP) is -0.0127. The fourth-order valence-corrected chi connectivity index (χ4v) is 1.83. The summed E-state index contributed by atoms with van der Waals surface area (Å²) in [4.78, 5) is 22.8. The van der Waals surface area contributed by atoms with Crippen molar-refractivity contribution < 1.29 is 14.3 Å². The number of hydrogen-bond donors (Lipinski definition) is 2. The van der Waals surface area contributed by atoms with Crippen LogP contribution in [0.4, 0.5) is 4.79 Å². The number of primary amides is 1. The molecule has 1 saturated heterocycles. The monoisotopic (exact) mass is 227 g/mol. The fourth-order valence-electron chi connectivity index (χ4n) is 1.83. The van der Waals surface area contributed by atoms with Crippen molar-refractivity contribution in [2.45, 2.75) is 31.7 Å². The molecule has 3 amide bonds. The molecule has 1 aliphatic heterocycles. The Morgan fingerprint density at radius 3 is 2.31 bits per heavy atom. The molecule has 2 rings (SSSR count). The first-order chi connectivity index (χ1) is 7.68. The maximum atomic E-state index is 11.6. The molecule has 3 N–H and O–H groups in total. The summed E-state index contributed by atoms with van der Waals surface area (Å²) in [6.07, 6.45) is 3.25. The quantitative estimate of drug-likeness (QED) is 0.650. The van der Waals surface area contributed by atoms with Crippen LogP contribution in [0.5, 0.6) is 0 Å². The van der Waals surface area contributed by atoms with Crippen molar-refractivity contribution >= 4 is 11.9 Å². The first-order valence-corrected chi connectivity index (χ1v) is 5.65. The van der Waals surface area contributed by atoms with Crippen LogP contribution in [0.25, 0.3) is 0 Å². The number of nitrogens with one attached hydrogen (secondary N) is 1. The molecule has 0 aromatic carbocycles. The minimum Gasteiger partial charge on any atom is -0.381 e. The van der Waals surface area contributed by atoms with Gasteiger partial charge in [-0.3, -0.25) is 10.2 Å². The van der Waals surface area contributed by atoms with E-state index in [-0.39, 0.29) is 17.9 Å². The SMILES string of the molecule is NC(=O)N(NC(=O)C1CC1)C1CCOCC1. The molecule has 0 radical (unpaired) electrons. The molecule has 0 bridgehead atoms. The van der Waals surface area contributed by atoms with Gasteiger partial charge in [0.15, 0.2) is 0 Å². The highest BCUT2D eigenvalue weighted by molar-refractivity contribution is 5.83. The molecule has 0 spiro atoms. The van der Waals surface area contributed by atoms with Gasteiger partial charge < -0.3 is 10.5 Å². The van der Waals surface area contributed by atoms with Crippen molar-refractivity contribution in [3.8, 4) is 0 Å². The molecular formula is C10H17N3O3. The van der Waals surface area contributed by atoms with E-state index >= 15 is 0 Å². The Bertz CT molecular complexity index is 285. The van der Waals surface area contributed by atoms with Crippen molar-refractivity contribution in [1.82, 2.24) is 10.4 Å². The van der Waals surface area contributed by atoms with Gasteiger partial charge in [0.2, 0.25) is 5.91 Å². The van der Waals surface area contributed by atoms with E-state index in [0.29, 0.717) is 26.1 Å². The summed E-state index contributed by atoms with van der Waals surface area (Å²) in [6, 6.07) is -0.630. The van der Waals surface area contributed by atoms with Crippen molar-refractivity contribution in [3.05, 3.63) is 0 Å². The number of hydrazine groups is 1. The smallest absolute Gasteiger partial charge is 0.333 e. The normalized spacial score (nSPS) is 21.5. The average Bonchev–Trinajstić information content (AvgIpc) is 3.10. The van der Waals surface area contributed by atoms with Crippen LogP contribution in [0.1, 0.15) is 25.7 Å². The third-order valence-electron chi connectivity index (χ3n) is 2.97. The number of rotatable bonds is 2. The Hall–Kier alpha value is -1.30. The van der Waals surface area contributed by atoms with Gasteiger partial charge in [-0.25, -0.2) is 9.80 Å². The van der Waals surface area contributed by atoms with Gasteiger partial charge in [-0.05, 0) is 25.7 Å². The van der Waals surface area contributed by atoms with Gasteiger partial charge in [-0.2, -0.15) is 0 Å². The summed E-state index contributed by atoms with van der Waals surface area (Å²) >= 11 is 0. The van der Waals surface area contributed by atoms with E-state index in [1.165, 1.54) is 5.01 Å². The Morgan fingerprint density at radius 2 is 1.81 bits per heavy atom. The van der Waals surface area contributed by atoms with Gasteiger partial charge in [0, 0.05) is 19.1 Å². The average molecular weight is 227 g/mol. The summed E-state index contributed by atoms with van der Waals surface area (Å²) in [5, 5.41) is 1.27. The first kappa shape index (κ1) is 11.2. The largest absolute Gasteiger partial charge is 0.381 e. The van der Waals surface area contributed by atoms with Gasteiger partial charge in [-0.1, -0.05) is 0 Å². The van der Waals surface area contributed by atoms with Crippen molar-refractivity contribution in [3.63, 3.8) is 0 Å². The lowest BCUT2D eigenvalue weighted by Gasteiger charge is -2.32. The van der Waals surface area contributed by atoms with Crippen molar-refractivity contribution in [2.24, 2.45) is 11.7 Å². The number of nitrogens with two attached hydrogens (primary N) is 1. The zero-order valence-corrected chi connectivity index (χ0v) is 9.15. The number of carbonyl (C=O) groups excluding carboxylic acids is 2. The van der Waals surface area contributed by atoms with E-state index in [1.54, 1.807) is 0 Å².